The van der Waals surface area contributed by atoms with E-state index in [0.29, 0.717) is 25.9 Å². The van der Waals surface area contributed by atoms with Gasteiger partial charge in [0.25, 0.3) is 0 Å². The van der Waals surface area contributed by atoms with Crippen molar-refractivity contribution in [2.45, 2.75) is 51.8 Å². The number of carbonyl (C=O) groups is 2. The van der Waals surface area contributed by atoms with Crippen LogP contribution in [0.4, 0.5) is 4.79 Å². The first kappa shape index (κ1) is 20.7. The van der Waals surface area contributed by atoms with Crippen LogP contribution in [-0.2, 0) is 16.1 Å². The molecule has 1 atom stereocenters. The van der Waals surface area contributed by atoms with Gasteiger partial charge in [-0.05, 0) is 56.5 Å². The molecular formula is C21H29N3O3. The van der Waals surface area contributed by atoms with Crippen LogP contribution in [0.5, 0.6) is 0 Å². The van der Waals surface area contributed by atoms with Crippen molar-refractivity contribution < 1.29 is 14.3 Å². The molecule has 6 heteroatoms. The fourth-order valence-corrected chi connectivity index (χ4v) is 2.79. The van der Waals surface area contributed by atoms with Gasteiger partial charge >= 0.3 is 6.09 Å². The van der Waals surface area contributed by atoms with E-state index in [1.54, 1.807) is 20.8 Å². The van der Waals surface area contributed by atoms with Gasteiger partial charge in [-0.1, -0.05) is 42.5 Å². The van der Waals surface area contributed by atoms with Gasteiger partial charge in [-0.3, -0.25) is 4.79 Å². The number of benzene rings is 2. The zero-order chi connectivity index (χ0) is 19.9. The van der Waals surface area contributed by atoms with Crippen LogP contribution in [0.15, 0.2) is 42.5 Å². The number of rotatable bonds is 7. The van der Waals surface area contributed by atoms with Gasteiger partial charge < -0.3 is 21.1 Å². The van der Waals surface area contributed by atoms with Crippen LogP contribution < -0.4 is 16.4 Å². The summed E-state index contributed by atoms with van der Waals surface area (Å²) in [7, 11) is 0. The summed E-state index contributed by atoms with van der Waals surface area (Å²) in [6.45, 7) is 6.17. The standard InChI is InChI=1S/C21H29N3O3/c1-21(2,3)27-20(26)24-18(12-7-13-22)19(25)23-14-16-10-6-9-15-8-4-5-11-17(15)16/h4-6,8-11,18H,7,12-14,22H2,1-3H3,(H,23,25)(H,24,26)/t18-/m0/s1. The summed E-state index contributed by atoms with van der Waals surface area (Å²) in [5.74, 6) is -0.248. The third-order valence-corrected chi connectivity index (χ3v) is 4.04. The van der Waals surface area contributed by atoms with E-state index in [1.807, 2.05) is 42.5 Å². The second-order valence-corrected chi connectivity index (χ2v) is 7.49. The molecule has 2 aromatic carbocycles. The Morgan fingerprint density at radius 1 is 1.11 bits per heavy atom. The molecule has 0 aliphatic heterocycles. The predicted molar refractivity (Wildman–Crippen MR) is 107 cm³/mol. The Balaban J connectivity index is 2.03. The number of hydrogen-bond acceptors (Lipinski definition) is 4. The van der Waals surface area contributed by atoms with E-state index in [9.17, 15) is 9.59 Å². The Morgan fingerprint density at radius 2 is 1.81 bits per heavy atom. The minimum atomic E-state index is -0.682. The number of alkyl carbamates (subject to hydrolysis) is 1. The van der Waals surface area contributed by atoms with Crippen molar-refractivity contribution in [3.63, 3.8) is 0 Å². The number of nitrogens with two attached hydrogens (primary N) is 1. The Morgan fingerprint density at radius 3 is 2.52 bits per heavy atom. The molecule has 0 unspecified atom stereocenters. The topological polar surface area (TPSA) is 93.4 Å². The lowest BCUT2D eigenvalue weighted by atomic mass is 10.0. The molecule has 4 N–H and O–H groups in total. The summed E-state index contributed by atoms with van der Waals surface area (Å²) < 4.78 is 5.26. The van der Waals surface area contributed by atoms with Gasteiger partial charge in [0.2, 0.25) is 5.91 Å². The average molecular weight is 371 g/mol. The van der Waals surface area contributed by atoms with E-state index >= 15 is 0 Å². The van der Waals surface area contributed by atoms with Gasteiger partial charge in [0.15, 0.2) is 0 Å². The Hall–Kier alpha value is -2.60. The highest BCUT2D eigenvalue weighted by Crippen LogP contribution is 2.18. The highest BCUT2D eigenvalue weighted by Gasteiger charge is 2.23. The quantitative estimate of drug-likeness (QED) is 0.697. The van der Waals surface area contributed by atoms with Crippen molar-refractivity contribution in [1.29, 1.82) is 0 Å². The first-order valence-corrected chi connectivity index (χ1v) is 9.24. The second-order valence-electron chi connectivity index (χ2n) is 7.49. The summed E-state index contributed by atoms with van der Waals surface area (Å²) in [4.78, 5) is 24.7. The van der Waals surface area contributed by atoms with Crippen LogP contribution in [0.1, 0.15) is 39.2 Å². The monoisotopic (exact) mass is 371 g/mol. The zero-order valence-electron chi connectivity index (χ0n) is 16.2. The molecule has 0 bridgehead atoms. The zero-order valence-corrected chi connectivity index (χ0v) is 16.2. The van der Waals surface area contributed by atoms with Crippen LogP contribution in [-0.4, -0.2) is 30.2 Å². The molecule has 2 rings (SSSR count). The first-order chi connectivity index (χ1) is 12.8. The minimum absolute atomic E-state index is 0.248. The van der Waals surface area contributed by atoms with E-state index in [1.165, 1.54) is 0 Å². The first-order valence-electron chi connectivity index (χ1n) is 9.24. The fraction of sp³-hybridized carbons (Fsp3) is 0.429. The molecule has 0 saturated carbocycles. The molecule has 0 aliphatic rings. The molecule has 0 aliphatic carbocycles. The van der Waals surface area contributed by atoms with Crippen LogP contribution in [0, 0.1) is 0 Å². The maximum atomic E-state index is 12.6. The lowest BCUT2D eigenvalue weighted by Gasteiger charge is -2.23. The molecule has 0 radical (unpaired) electrons. The molecule has 27 heavy (non-hydrogen) atoms. The third kappa shape index (κ3) is 6.57. The van der Waals surface area contributed by atoms with Crippen LogP contribution in [0.25, 0.3) is 10.8 Å². The van der Waals surface area contributed by atoms with Gasteiger partial charge in [-0.2, -0.15) is 0 Å². The predicted octanol–water partition coefficient (Wildman–Crippen LogP) is 3.09. The number of nitrogens with one attached hydrogen (secondary N) is 2. The molecule has 0 heterocycles. The summed E-state index contributed by atoms with van der Waals surface area (Å²) in [6, 6.07) is 13.3. The van der Waals surface area contributed by atoms with Gasteiger partial charge in [0.1, 0.15) is 11.6 Å². The lowest BCUT2D eigenvalue weighted by molar-refractivity contribution is -0.123. The smallest absolute Gasteiger partial charge is 0.408 e. The van der Waals surface area contributed by atoms with Gasteiger partial charge in [-0.25, -0.2) is 4.79 Å². The van der Waals surface area contributed by atoms with Crippen LogP contribution >= 0.6 is 0 Å². The van der Waals surface area contributed by atoms with Gasteiger partial charge in [0.05, 0.1) is 0 Å². The van der Waals surface area contributed by atoms with Gasteiger partial charge in [-0.15, -0.1) is 0 Å². The van der Waals surface area contributed by atoms with Gasteiger partial charge in [0, 0.05) is 6.54 Å². The molecule has 0 aromatic heterocycles. The number of fused-ring (bicyclic) bond motifs is 1. The molecule has 0 fully saturated rings. The summed E-state index contributed by atoms with van der Waals surface area (Å²) in [5.41, 5.74) is 5.96. The Kier molecular flexibility index (Phi) is 7.19. The average Bonchev–Trinajstić information content (AvgIpc) is 2.61. The van der Waals surface area contributed by atoms with E-state index in [0.717, 1.165) is 16.3 Å². The van der Waals surface area contributed by atoms with Crippen LogP contribution in [0.3, 0.4) is 0 Å². The van der Waals surface area contributed by atoms with E-state index in [2.05, 4.69) is 10.6 Å². The summed E-state index contributed by atoms with van der Waals surface area (Å²) in [6.07, 6.45) is 0.476. The molecule has 2 aromatic rings. The Bertz CT molecular complexity index is 778. The molecule has 6 nitrogen and oxygen atoms in total. The normalized spacial score (nSPS) is 12.4. The SMILES string of the molecule is CC(C)(C)OC(=O)N[C@@H](CCCN)C(=O)NCc1cccc2ccccc12. The third-order valence-electron chi connectivity index (χ3n) is 4.04. The summed E-state index contributed by atoms with van der Waals surface area (Å²) >= 11 is 0. The van der Waals surface area contributed by atoms with Crippen LogP contribution in [0.2, 0.25) is 0 Å². The highest BCUT2D eigenvalue weighted by atomic mass is 16.6. The van der Waals surface area contributed by atoms with Crippen molar-refractivity contribution >= 4 is 22.8 Å². The number of ether oxygens (including phenoxy) is 1. The van der Waals surface area contributed by atoms with Crippen molar-refractivity contribution in [3.8, 4) is 0 Å². The van der Waals surface area contributed by atoms with E-state index in [-0.39, 0.29) is 5.91 Å². The highest BCUT2D eigenvalue weighted by molar-refractivity contribution is 5.88. The maximum absolute atomic E-state index is 12.6. The van der Waals surface area contributed by atoms with Crippen molar-refractivity contribution in [2.75, 3.05) is 6.54 Å². The summed E-state index contributed by atoms with van der Waals surface area (Å²) in [5, 5.41) is 7.79. The second kappa shape index (κ2) is 9.37. The largest absolute Gasteiger partial charge is 0.444 e. The van der Waals surface area contributed by atoms with E-state index in [4.69, 9.17) is 10.5 Å². The number of amides is 2. The fourth-order valence-electron chi connectivity index (χ4n) is 2.79. The molecule has 146 valence electrons. The van der Waals surface area contributed by atoms with Crippen molar-refractivity contribution in [1.82, 2.24) is 10.6 Å². The van der Waals surface area contributed by atoms with Crippen molar-refractivity contribution in [2.24, 2.45) is 5.73 Å². The molecule has 2 amide bonds. The molecule has 0 saturated heterocycles. The number of carbonyl (C=O) groups excluding carboxylic acids is 2. The number of hydrogen-bond donors (Lipinski definition) is 3. The maximum Gasteiger partial charge on any atom is 0.408 e. The lowest BCUT2D eigenvalue weighted by Crippen LogP contribution is -2.48. The van der Waals surface area contributed by atoms with Crippen molar-refractivity contribution in [3.05, 3.63) is 48.0 Å². The molecule has 0 spiro atoms. The van der Waals surface area contributed by atoms with E-state index < -0.39 is 17.7 Å². The Labute approximate surface area is 160 Å². The minimum Gasteiger partial charge on any atom is -0.444 e. The molecular weight excluding hydrogens is 342 g/mol.